The standard InChI is InChI=1S/C23H29N5O4S/c1-13-24-21-18(11-20(27-22(21)25-13)28-23(29)14-5-6-14)26-17-8-7-15(10-19(17)33(2,30)31)16-4-3-9-32-12-16/h7-8,10-11,14,16,23,29H,3-6,9,12H2,1-2H3,(H3,24,25,26,27,28)/t16-,23?/m1/s1. The summed E-state index contributed by atoms with van der Waals surface area (Å²) in [6, 6.07) is 7.27. The largest absolute Gasteiger partial charge is 0.381 e. The SMILES string of the molecule is Cc1nc2c(Nc3ccc([C@@H]4CCCOC4)cc3S(C)(=O)=O)cc(NC(O)C3CC3)nc2[nH]1. The fraction of sp³-hybridized carbons (Fsp3) is 0.478. The molecular weight excluding hydrogens is 442 g/mol. The van der Waals surface area contributed by atoms with Crippen LogP contribution in [-0.2, 0) is 14.6 Å². The van der Waals surface area contributed by atoms with E-state index in [1.54, 1.807) is 18.2 Å². The summed E-state index contributed by atoms with van der Waals surface area (Å²) in [5, 5.41) is 16.6. The molecule has 3 aromatic rings. The maximum absolute atomic E-state index is 12.7. The molecule has 3 heterocycles. The van der Waals surface area contributed by atoms with Crippen molar-refractivity contribution in [2.45, 2.75) is 49.6 Å². The Morgan fingerprint density at radius 1 is 1.18 bits per heavy atom. The number of aryl methyl sites for hydroxylation is 1. The van der Waals surface area contributed by atoms with Crippen LogP contribution in [0.25, 0.3) is 11.2 Å². The quantitative estimate of drug-likeness (QED) is 0.386. The van der Waals surface area contributed by atoms with Gasteiger partial charge in [-0.2, -0.15) is 0 Å². The van der Waals surface area contributed by atoms with Crippen LogP contribution in [0.5, 0.6) is 0 Å². The Labute approximate surface area is 192 Å². The third-order valence-corrected chi connectivity index (χ3v) is 7.38. The molecule has 0 amide bonds. The van der Waals surface area contributed by atoms with Crippen LogP contribution in [0.15, 0.2) is 29.2 Å². The van der Waals surface area contributed by atoms with Crippen molar-refractivity contribution >= 4 is 38.2 Å². The first kappa shape index (κ1) is 22.1. The van der Waals surface area contributed by atoms with Crippen molar-refractivity contribution in [1.29, 1.82) is 0 Å². The lowest BCUT2D eigenvalue weighted by atomic mass is 9.93. The molecule has 1 unspecified atom stereocenters. The molecule has 0 bridgehead atoms. The van der Waals surface area contributed by atoms with Crippen molar-refractivity contribution in [3.63, 3.8) is 0 Å². The van der Waals surface area contributed by atoms with E-state index in [4.69, 9.17) is 4.74 Å². The van der Waals surface area contributed by atoms with Crippen LogP contribution >= 0.6 is 0 Å². The molecule has 0 radical (unpaired) electrons. The van der Waals surface area contributed by atoms with Crippen molar-refractivity contribution in [2.75, 3.05) is 30.1 Å². The lowest BCUT2D eigenvalue weighted by Crippen LogP contribution is -2.21. The van der Waals surface area contributed by atoms with Crippen LogP contribution in [0.1, 0.15) is 43.0 Å². The number of aromatic amines is 1. The van der Waals surface area contributed by atoms with Gasteiger partial charge in [-0.1, -0.05) is 6.07 Å². The first-order chi connectivity index (χ1) is 15.8. The fourth-order valence-corrected chi connectivity index (χ4v) is 5.18. The number of ether oxygens (including phenoxy) is 1. The minimum atomic E-state index is -3.50. The fourth-order valence-electron chi connectivity index (χ4n) is 4.31. The summed E-state index contributed by atoms with van der Waals surface area (Å²) >= 11 is 0. The molecule has 2 atom stereocenters. The highest BCUT2D eigenvalue weighted by atomic mass is 32.2. The smallest absolute Gasteiger partial charge is 0.177 e. The summed E-state index contributed by atoms with van der Waals surface area (Å²) in [6.45, 7) is 3.19. The second kappa shape index (κ2) is 8.58. The van der Waals surface area contributed by atoms with E-state index in [-0.39, 0.29) is 16.7 Å². The van der Waals surface area contributed by atoms with Gasteiger partial charge in [0, 0.05) is 30.8 Å². The van der Waals surface area contributed by atoms with E-state index < -0.39 is 16.1 Å². The minimum Gasteiger partial charge on any atom is -0.381 e. The zero-order valence-electron chi connectivity index (χ0n) is 18.8. The summed E-state index contributed by atoms with van der Waals surface area (Å²) in [6.07, 6.45) is 4.46. The van der Waals surface area contributed by atoms with Crippen LogP contribution in [0.3, 0.4) is 0 Å². The molecule has 1 aliphatic carbocycles. The first-order valence-corrected chi connectivity index (χ1v) is 13.2. The maximum atomic E-state index is 12.7. The van der Waals surface area contributed by atoms with Crippen molar-refractivity contribution in [1.82, 2.24) is 15.0 Å². The lowest BCUT2D eigenvalue weighted by Gasteiger charge is -2.23. The Balaban J connectivity index is 1.52. The summed E-state index contributed by atoms with van der Waals surface area (Å²) in [4.78, 5) is 12.4. The number of nitrogens with one attached hydrogen (secondary N) is 3. The van der Waals surface area contributed by atoms with Gasteiger partial charge in [0.25, 0.3) is 0 Å². The molecule has 1 aliphatic heterocycles. The second-order valence-electron chi connectivity index (χ2n) is 9.07. The molecule has 4 N–H and O–H groups in total. The van der Waals surface area contributed by atoms with Gasteiger partial charge in [0.1, 0.15) is 23.4 Å². The molecule has 33 heavy (non-hydrogen) atoms. The number of nitrogens with zero attached hydrogens (tertiary/aromatic N) is 2. The number of H-pyrrole nitrogens is 1. The number of hydrogen-bond acceptors (Lipinski definition) is 8. The number of fused-ring (bicyclic) bond motifs is 1. The monoisotopic (exact) mass is 471 g/mol. The second-order valence-corrected chi connectivity index (χ2v) is 11.1. The van der Waals surface area contributed by atoms with Gasteiger partial charge in [0.2, 0.25) is 0 Å². The summed E-state index contributed by atoms with van der Waals surface area (Å²) < 4.78 is 31.0. The number of benzene rings is 1. The van der Waals surface area contributed by atoms with Crippen molar-refractivity contribution in [2.24, 2.45) is 5.92 Å². The van der Waals surface area contributed by atoms with Crippen LogP contribution in [0, 0.1) is 12.8 Å². The number of aliphatic hydroxyl groups is 1. The number of rotatable bonds is 7. The summed E-state index contributed by atoms with van der Waals surface area (Å²) in [5.41, 5.74) is 3.20. The predicted molar refractivity (Wildman–Crippen MR) is 127 cm³/mol. The van der Waals surface area contributed by atoms with E-state index in [0.29, 0.717) is 40.8 Å². The van der Waals surface area contributed by atoms with Crippen molar-refractivity contribution in [3.05, 3.63) is 35.7 Å². The number of sulfone groups is 1. The molecule has 2 aliphatic rings. The van der Waals surface area contributed by atoms with E-state index >= 15 is 0 Å². The van der Waals surface area contributed by atoms with Crippen molar-refractivity contribution < 1.29 is 18.3 Å². The zero-order chi connectivity index (χ0) is 23.2. The minimum absolute atomic E-state index is 0.189. The molecule has 5 rings (SSSR count). The predicted octanol–water partition coefficient (Wildman–Crippen LogP) is 3.45. The average Bonchev–Trinajstić information content (AvgIpc) is 3.56. The van der Waals surface area contributed by atoms with Crippen LogP contribution in [-0.4, -0.2) is 54.2 Å². The van der Waals surface area contributed by atoms with E-state index in [1.165, 1.54) is 6.26 Å². The van der Waals surface area contributed by atoms with Crippen LogP contribution in [0.4, 0.5) is 17.2 Å². The summed E-state index contributed by atoms with van der Waals surface area (Å²) in [7, 11) is -3.50. The Hall–Kier alpha value is -2.69. The Kier molecular flexibility index (Phi) is 5.75. The van der Waals surface area contributed by atoms with Crippen LogP contribution in [0.2, 0.25) is 0 Å². The molecule has 1 aromatic carbocycles. The molecule has 10 heteroatoms. The molecule has 9 nitrogen and oxygen atoms in total. The Morgan fingerprint density at radius 2 is 2.00 bits per heavy atom. The molecule has 1 saturated carbocycles. The number of aliphatic hydroxyl groups excluding tert-OH is 1. The topological polar surface area (TPSA) is 129 Å². The Morgan fingerprint density at radius 3 is 2.70 bits per heavy atom. The number of anilines is 3. The third kappa shape index (κ3) is 4.83. The van der Waals surface area contributed by atoms with Gasteiger partial charge in [0.15, 0.2) is 15.5 Å². The molecule has 0 spiro atoms. The number of hydrogen-bond donors (Lipinski definition) is 4. The lowest BCUT2D eigenvalue weighted by molar-refractivity contribution is 0.0804. The molecular formula is C23H29N5O4S. The summed E-state index contributed by atoms with van der Waals surface area (Å²) in [5.74, 6) is 1.60. The highest BCUT2D eigenvalue weighted by molar-refractivity contribution is 7.90. The van der Waals surface area contributed by atoms with Crippen molar-refractivity contribution in [3.8, 4) is 0 Å². The molecule has 176 valence electrons. The van der Waals surface area contributed by atoms with Gasteiger partial charge in [-0.3, -0.25) is 0 Å². The van der Waals surface area contributed by atoms with Gasteiger partial charge in [-0.25, -0.2) is 18.4 Å². The molecule has 1 saturated heterocycles. The van der Waals surface area contributed by atoms with Gasteiger partial charge >= 0.3 is 0 Å². The van der Waals surface area contributed by atoms with Gasteiger partial charge in [-0.15, -0.1) is 0 Å². The van der Waals surface area contributed by atoms with Crippen LogP contribution < -0.4 is 10.6 Å². The highest BCUT2D eigenvalue weighted by Crippen LogP contribution is 2.36. The Bertz CT molecular complexity index is 1280. The molecule has 2 fully saturated rings. The third-order valence-electron chi connectivity index (χ3n) is 6.24. The number of aromatic nitrogens is 3. The van der Waals surface area contributed by atoms with Gasteiger partial charge in [-0.05, 0) is 50.3 Å². The number of pyridine rings is 1. The number of imidazole rings is 1. The zero-order valence-corrected chi connectivity index (χ0v) is 19.6. The van der Waals surface area contributed by atoms with E-state index in [0.717, 1.165) is 37.9 Å². The van der Waals surface area contributed by atoms with Gasteiger partial charge < -0.3 is 25.5 Å². The average molecular weight is 472 g/mol. The molecule has 2 aromatic heterocycles. The van der Waals surface area contributed by atoms with E-state index in [2.05, 4.69) is 25.6 Å². The van der Waals surface area contributed by atoms with Gasteiger partial charge in [0.05, 0.1) is 22.9 Å². The van der Waals surface area contributed by atoms with E-state index in [1.807, 2.05) is 13.0 Å². The normalized spacial score (nSPS) is 20.0. The maximum Gasteiger partial charge on any atom is 0.177 e. The van der Waals surface area contributed by atoms with E-state index in [9.17, 15) is 13.5 Å². The first-order valence-electron chi connectivity index (χ1n) is 11.3. The highest BCUT2D eigenvalue weighted by Gasteiger charge is 2.30.